The minimum atomic E-state index is -0.121. The first kappa shape index (κ1) is 24.9. The fourth-order valence-electron chi connectivity index (χ4n) is 5.52. The van der Waals surface area contributed by atoms with E-state index in [1.807, 2.05) is 59.5 Å². The predicted octanol–water partition coefficient (Wildman–Crippen LogP) is 4.55. The molecular weight excluding hydrogens is 462 g/mol. The van der Waals surface area contributed by atoms with E-state index in [9.17, 15) is 9.90 Å². The molecule has 190 valence electrons. The summed E-state index contributed by atoms with van der Waals surface area (Å²) in [6.07, 6.45) is 1.92. The molecule has 0 saturated carbocycles. The summed E-state index contributed by atoms with van der Waals surface area (Å²) in [7, 11) is 1.60. The molecule has 5 rings (SSSR count). The van der Waals surface area contributed by atoms with Crippen molar-refractivity contribution in [1.82, 2.24) is 9.80 Å². The average Bonchev–Trinajstić information content (AvgIpc) is 2.92. The number of urea groups is 1. The standard InChI is InChI=1S/C31H33N3O3/c1-37-29-12-6-5-11-26(29)32-31(36)33-19-7-8-20-34-27(21-33)30(28(34)22-35)25-17-15-24(16-18-25)14-13-23-9-3-2-4-10-23/h2-6,9-12,15-18,27-28,30,35H,7-8,19-22H2,1H3,(H,32,36)/t27-,28+,30-/m1/s1. The number of aliphatic hydroxyl groups is 1. The molecular formula is C31H33N3O3. The number of carbonyl (C=O) groups excluding carboxylic acids is 1. The van der Waals surface area contributed by atoms with Gasteiger partial charge in [-0.25, -0.2) is 4.79 Å². The minimum absolute atomic E-state index is 0.0588. The van der Waals surface area contributed by atoms with E-state index in [1.54, 1.807) is 7.11 Å². The fourth-order valence-corrected chi connectivity index (χ4v) is 5.52. The number of para-hydroxylation sites is 2. The Hall–Kier alpha value is -3.79. The number of fused-ring (bicyclic) bond motifs is 1. The number of nitrogens with zero attached hydrogens (tertiary/aromatic N) is 2. The molecule has 6 heteroatoms. The number of ether oxygens (including phenoxy) is 1. The van der Waals surface area contributed by atoms with Gasteiger partial charge in [0.25, 0.3) is 0 Å². The van der Waals surface area contributed by atoms with Gasteiger partial charge in [-0.2, -0.15) is 0 Å². The maximum Gasteiger partial charge on any atom is 0.322 e. The fraction of sp³-hybridized carbons (Fsp3) is 0.323. The van der Waals surface area contributed by atoms with Crippen molar-refractivity contribution < 1.29 is 14.6 Å². The summed E-state index contributed by atoms with van der Waals surface area (Å²) in [5, 5.41) is 13.3. The Morgan fingerprint density at radius 3 is 2.35 bits per heavy atom. The monoisotopic (exact) mass is 495 g/mol. The van der Waals surface area contributed by atoms with Crippen LogP contribution in [-0.2, 0) is 0 Å². The number of hydrogen-bond acceptors (Lipinski definition) is 4. The lowest BCUT2D eigenvalue weighted by Gasteiger charge is -2.57. The first-order chi connectivity index (χ1) is 18.2. The van der Waals surface area contributed by atoms with Gasteiger partial charge in [0.05, 0.1) is 19.4 Å². The zero-order valence-electron chi connectivity index (χ0n) is 21.1. The van der Waals surface area contributed by atoms with Crippen molar-refractivity contribution in [3.63, 3.8) is 0 Å². The first-order valence-corrected chi connectivity index (χ1v) is 12.9. The number of hydrogen-bond donors (Lipinski definition) is 2. The zero-order valence-corrected chi connectivity index (χ0v) is 21.1. The van der Waals surface area contributed by atoms with Crippen LogP contribution < -0.4 is 10.1 Å². The molecule has 3 atom stereocenters. The van der Waals surface area contributed by atoms with Gasteiger partial charge in [0.15, 0.2) is 0 Å². The molecule has 2 amide bonds. The Balaban J connectivity index is 1.32. The van der Waals surface area contributed by atoms with E-state index < -0.39 is 0 Å². The largest absolute Gasteiger partial charge is 0.495 e. The number of carbonyl (C=O) groups is 1. The number of methoxy groups -OCH3 is 1. The van der Waals surface area contributed by atoms with Gasteiger partial charge >= 0.3 is 6.03 Å². The third-order valence-corrected chi connectivity index (χ3v) is 7.43. The number of rotatable bonds is 4. The molecule has 0 aromatic heterocycles. The third-order valence-electron chi connectivity index (χ3n) is 7.43. The van der Waals surface area contributed by atoms with Crippen LogP contribution in [0.2, 0.25) is 0 Å². The number of amides is 2. The van der Waals surface area contributed by atoms with Crippen molar-refractivity contribution in [2.75, 3.05) is 38.7 Å². The van der Waals surface area contributed by atoms with Gasteiger partial charge in [-0.1, -0.05) is 54.3 Å². The Labute approximate surface area is 218 Å². The summed E-state index contributed by atoms with van der Waals surface area (Å²) in [4.78, 5) is 17.6. The number of anilines is 1. The van der Waals surface area contributed by atoms with Gasteiger partial charge in [0, 0.05) is 42.2 Å². The van der Waals surface area contributed by atoms with Gasteiger partial charge in [-0.3, -0.25) is 4.90 Å². The molecule has 2 N–H and O–H groups in total. The Morgan fingerprint density at radius 1 is 0.946 bits per heavy atom. The lowest BCUT2D eigenvalue weighted by molar-refractivity contribution is -0.0585. The summed E-state index contributed by atoms with van der Waals surface area (Å²) in [5.41, 5.74) is 3.79. The zero-order chi connectivity index (χ0) is 25.6. The smallest absolute Gasteiger partial charge is 0.322 e. The average molecular weight is 496 g/mol. The molecule has 3 aromatic rings. The van der Waals surface area contributed by atoms with Crippen molar-refractivity contribution in [2.45, 2.75) is 30.8 Å². The second-order valence-corrected chi connectivity index (χ2v) is 9.60. The SMILES string of the molecule is COc1ccccc1NC(=O)N1CCCCN2[C@H](C1)[C@@H](c1ccc(C#Cc3ccccc3)cc1)[C@@H]2CO. The first-order valence-electron chi connectivity index (χ1n) is 12.9. The Bertz CT molecular complexity index is 1270. The van der Waals surface area contributed by atoms with Gasteiger partial charge < -0.3 is 20.1 Å². The molecule has 6 nitrogen and oxygen atoms in total. The summed E-state index contributed by atoms with van der Waals surface area (Å²) in [6, 6.07) is 25.9. The van der Waals surface area contributed by atoms with Gasteiger partial charge in [-0.15, -0.1) is 0 Å². The quantitative estimate of drug-likeness (QED) is 0.521. The maximum absolute atomic E-state index is 13.3. The molecule has 0 radical (unpaired) electrons. The van der Waals surface area contributed by atoms with Crippen LogP contribution in [0, 0.1) is 11.8 Å². The highest BCUT2D eigenvalue weighted by molar-refractivity contribution is 5.91. The van der Waals surface area contributed by atoms with Crippen LogP contribution in [0.3, 0.4) is 0 Å². The molecule has 2 aliphatic heterocycles. The molecule has 0 aliphatic carbocycles. The highest BCUT2D eigenvalue weighted by atomic mass is 16.5. The molecule has 3 aromatic carbocycles. The topological polar surface area (TPSA) is 65.0 Å². The summed E-state index contributed by atoms with van der Waals surface area (Å²) >= 11 is 0. The van der Waals surface area contributed by atoms with E-state index >= 15 is 0 Å². The summed E-state index contributed by atoms with van der Waals surface area (Å²) < 4.78 is 5.40. The summed E-state index contributed by atoms with van der Waals surface area (Å²) in [5.74, 6) is 7.24. The maximum atomic E-state index is 13.3. The van der Waals surface area contributed by atoms with E-state index in [0.717, 1.165) is 30.5 Å². The normalized spacial score (nSPS) is 21.4. The Kier molecular flexibility index (Phi) is 7.74. The van der Waals surface area contributed by atoms with Crippen molar-refractivity contribution in [2.24, 2.45) is 0 Å². The van der Waals surface area contributed by atoms with Crippen molar-refractivity contribution in [1.29, 1.82) is 0 Å². The van der Waals surface area contributed by atoms with E-state index in [2.05, 4.69) is 46.3 Å². The number of nitrogens with one attached hydrogen (secondary N) is 1. The van der Waals surface area contributed by atoms with Crippen molar-refractivity contribution in [3.8, 4) is 17.6 Å². The molecule has 0 bridgehead atoms. The molecule has 2 heterocycles. The number of aliphatic hydroxyl groups excluding tert-OH is 1. The third kappa shape index (κ3) is 5.48. The van der Waals surface area contributed by atoms with Crippen LogP contribution in [-0.4, -0.2) is 66.4 Å². The van der Waals surface area contributed by atoms with E-state index in [-0.39, 0.29) is 30.6 Å². The second-order valence-electron chi connectivity index (χ2n) is 9.60. The number of benzene rings is 3. The molecule has 37 heavy (non-hydrogen) atoms. The lowest BCUT2D eigenvalue weighted by Crippen LogP contribution is -2.68. The Morgan fingerprint density at radius 2 is 1.62 bits per heavy atom. The van der Waals surface area contributed by atoms with Crippen LogP contribution in [0.25, 0.3) is 0 Å². The van der Waals surface area contributed by atoms with E-state index in [1.165, 1.54) is 5.56 Å². The summed E-state index contributed by atoms with van der Waals surface area (Å²) in [6.45, 7) is 2.35. The lowest BCUT2D eigenvalue weighted by atomic mass is 9.74. The van der Waals surface area contributed by atoms with Crippen LogP contribution >= 0.6 is 0 Å². The minimum Gasteiger partial charge on any atom is -0.495 e. The van der Waals surface area contributed by atoms with Crippen molar-refractivity contribution in [3.05, 3.63) is 95.6 Å². The van der Waals surface area contributed by atoms with Crippen LogP contribution in [0.4, 0.5) is 10.5 Å². The molecule has 2 aliphatic rings. The van der Waals surface area contributed by atoms with E-state index in [0.29, 0.717) is 24.5 Å². The van der Waals surface area contributed by atoms with Crippen LogP contribution in [0.1, 0.15) is 35.4 Å². The molecule has 0 unspecified atom stereocenters. The molecule has 2 fully saturated rings. The molecule has 0 spiro atoms. The predicted molar refractivity (Wildman–Crippen MR) is 146 cm³/mol. The van der Waals surface area contributed by atoms with Gasteiger partial charge in [0.1, 0.15) is 5.75 Å². The van der Waals surface area contributed by atoms with Gasteiger partial charge in [-0.05, 0) is 61.3 Å². The van der Waals surface area contributed by atoms with Crippen LogP contribution in [0.15, 0.2) is 78.9 Å². The molecule has 2 saturated heterocycles. The second kappa shape index (κ2) is 11.5. The van der Waals surface area contributed by atoms with Crippen LogP contribution in [0.5, 0.6) is 5.75 Å². The van der Waals surface area contributed by atoms with E-state index in [4.69, 9.17) is 4.74 Å². The van der Waals surface area contributed by atoms with Gasteiger partial charge in [0.2, 0.25) is 0 Å². The highest BCUT2D eigenvalue weighted by Gasteiger charge is 2.49. The highest BCUT2D eigenvalue weighted by Crippen LogP contribution is 2.42. The van der Waals surface area contributed by atoms with Crippen molar-refractivity contribution >= 4 is 11.7 Å².